The molecule has 0 unspecified atom stereocenters. The Morgan fingerprint density at radius 2 is 1.90 bits per heavy atom. The molecule has 0 atom stereocenters. The second kappa shape index (κ2) is 6.75. The number of benzene rings is 1. The zero-order valence-electron chi connectivity index (χ0n) is 12.2. The summed E-state index contributed by atoms with van der Waals surface area (Å²) < 4.78 is 0. The molecular formula is C16H21ClN2OS. The summed E-state index contributed by atoms with van der Waals surface area (Å²) in [7, 11) is 0. The van der Waals surface area contributed by atoms with Gasteiger partial charge >= 0.3 is 0 Å². The van der Waals surface area contributed by atoms with E-state index in [2.05, 4.69) is 5.32 Å². The third kappa shape index (κ3) is 3.55. The Labute approximate surface area is 136 Å². The van der Waals surface area contributed by atoms with Crippen LogP contribution in [0.1, 0.15) is 44.1 Å². The van der Waals surface area contributed by atoms with Crippen molar-refractivity contribution in [1.29, 1.82) is 0 Å². The van der Waals surface area contributed by atoms with Crippen LogP contribution in [-0.4, -0.2) is 10.9 Å². The molecule has 1 fully saturated rings. The van der Waals surface area contributed by atoms with Gasteiger partial charge in [-0.3, -0.25) is 4.79 Å². The van der Waals surface area contributed by atoms with Crippen molar-refractivity contribution in [3.63, 3.8) is 0 Å². The van der Waals surface area contributed by atoms with E-state index < -0.39 is 5.41 Å². The first-order valence-electron chi connectivity index (χ1n) is 7.33. The summed E-state index contributed by atoms with van der Waals surface area (Å²) in [5.41, 5.74) is 6.92. The Bertz CT molecular complexity index is 551. The topological polar surface area (TPSA) is 55.1 Å². The van der Waals surface area contributed by atoms with Crippen molar-refractivity contribution >= 4 is 40.4 Å². The van der Waals surface area contributed by atoms with E-state index in [9.17, 15) is 4.79 Å². The number of carbonyl (C=O) groups excluding carboxylic acids is 1. The van der Waals surface area contributed by atoms with Crippen LogP contribution in [0.5, 0.6) is 0 Å². The first-order chi connectivity index (χ1) is 9.95. The highest BCUT2D eigenvalue weighted by Crippen LogP contribution is 2.37. The second-order valence-electron chi connectivity index (χ2n) is 5.77. The predicted octanol–water partition coefficient (Wildman–Crippen LogP) is 4.21. The van der Waals surface area contributed by atoms with E-state index in [0.717, 1.165) is 49.8 Å². The monoisotopic (exact) mass is 324 g/mol. The van der Waals surface area contributed by atoms with Crippen LogP contribution in [0, 0.1) is 12.3 Å². The quantitative estimate of drug-likeness (QED) is 0.646. The summed E-state index contributed by atoms with van der Waals surface area (Å²) in [5, 5.41) is 3.58. The molecule has 3 nitrogen and oxygen atoms in total. The fraction of sp³-hybridized carbons (Fsp3) is 0.500. The van der Waals surface area contributed by atoms with Crippen LogP contribution in [0.2, 0.25) is 5.02 Å². The van der Waals surface area contributed by atoms with Crippen LogP contribution < -0.4 is 11.1 Å². The van der Waals surface area contributed by atoms with Crippen molar-refractivity contribution in [3.8, 4) is 0 Å². The summed E-state index contributed by atoms with van der Waals surface area (Å²) >= 11 is 11.2. The molecule has 1 aromatic carbocycles. The molecule has 0 radical (unpaired) electrons. The van der Waals surface area contributed by atoms with Gasteiger partial charge in [-0.1, -0.05) is 55.6 Å². The number of nitrogens with two attached hydrogens (primary N) is 1. The molecule has 0 spiro atoms. The van der Waals surface area contributed by atoms with Crippen LogP contribution in [0.3, 0.4) is 0 Å². The molecule has 1 saturated carbocycles. The first-order valence-corrected chi connectivity index (χ1v) is 8.12. The fourth-order valence-electron chi connectivity index (χ4n) is 2.89. The molecule has 114 valence electrons. The van der Waals surface area contributed by atoms with Crippen LogP contribution in [0.25, 0.3) is 0 Å². The lowest BCUT2D eigenvalue weighted by atomic mass is 9.79. The third-order valence-corrected chi connectivity index (χ3v) is 4.94. The van der Waals surface area contributed by atoms with Crippen molar-refractivity contribution in [2.45, 2.75) is 45.4 Å². The highest BCUT2D eigenvalue weighted by molar-refractivity contribution is 7.80. The lowest BCUT2D eigenvalue weighted by molar-refractivity contribution is -0.122. The van der Waals surface area contributed by atoms with Crippen molar-refractivity contribution in [1.82, 2.24) is 0 Å². The van der Waals surface area contributed by atoms with Crippen LogP contribution in [-0.2, 0) is 4.79 Å². The zero-order chi connectivity index (χ0) is 15.5. The van der Waals surface area contributed by atoms with E-state index in [1.807, 2.05) is 19.1 Å². The molecule has 1 amide bonds. The van der Waals surface area contributed by atoms with Gasteiger partial charge in [-0.15, -0.1) is 0 Å². The minimum atomic E-state index is -0.722. The van der Waals surface area contributed by atoms with E-state index >= 15 is 0 Å². The van der Waals surface area contributed by atoms with Gasteiger partial charge in [0, 0.05) is 10.7 Å². The Kier molecular flexibility index (Phi) is 5.22. The number of rotatable bonds is 3. The van der Waals surface area contributed by atoms with E-state index in [-0.39, 0.29) is 5.91 Å². The average molecular weight is 325 g/mol. The Morgan fingerprint density at radius 1 is 1.29 bits per heavy atom. The number of amides is 1. The minimum absolute atomic E-state index is 0.0951. The SMILES string of the molecule is Cc1ccc(Cl)cc1NC(=O)C1(C(N)=S)CCCCCC1. The van der Waals surface area contributed by atoms with Crippen molar-refractivity contribution in [2.75, 3.05) is 5.32 Å². The smallest absolute Gasteiger partial charge is 0.237 e. The molecule has 0 saturated heterocycles. The lowest BCUT2D eigenvalue weighted by Crippen LogP contribution is -2.45. The van der Waals surface area contributed by atoms with E-state index in [0.29, 0.717) is 10.0 Å². The number of carbonyl (C=O) groups is 1. The molecule has 0 aromatic heterocycles. The van der Waals surface area contributed by atoms with Crippen LogP contribution >= 0.6 is 23.8 Å². The lowest BCUT2D eigenvalue weighted by Gasteiger charge is -2.30. The van der Waals surface area contributed by atoms with E-state index in [1.165, 1.54) is 0 Å². The van der Waals surface area contributed by atoms with E-state index in [1.54, 1.807) is 6.07 Å². The number of hydrogen-bond donors (Lipinski definition) is 2. The molecule has 1 aliphatic carbocycles. The summed E-state index contributed by atoms with van der Waals surface area (Å²) in [4.78, 5) is 13.1. The van der Waals surface area contributed by atoms with Crippen molar-refractivity contribution < 1.29 is 4.79 Å². The molecule has 1 aromatic rings. The number of thiocarbonyl (C=S) groups is 1. The molecule has 3 N–H and O–H groups in total. The van der Waals surface area contributed by atoms with Crippen LogP contribution in [0.4, 0.5) is 5.69 Å². The van der Waals surface area contributed by atoms with Gasteiger partial charge in [0.05, 0.1) is 10.4 Å². The maximum atomic E-state index is 12.8. The third-order valence-electron chi connectivity index (χ3n) is 4.31. The van der Waals surface area contributed by atoms with Gasteiger partial charge in [0.2, 0.25) is 5.91 Å². The fourth-order valence-corrected chi connectivity index (χ4v) is 3.36. The number of aryl methyl sites for hydroxylation is 1. The number of nitrogens with one attached hydrogen (secondary N) is 1. The highest BCUT2D eigenvalue weighted by Gasteiger charge is 2.41. The summed E-state index contributed by atoms with van der Waals surface area (Å²) in [5.74, 6) is -0.0951. The molecule has 21 heavy (non-hydrogen) atoms. The van der Waals surface area contributed by atoms with E-state index in [4.69, 9.17) is 29.6 Å². The molecule has 0 aliphatic heterocycles. The number of hydrogen-bond acceptors (Lipinski definition) is 2. The van der Waals surface area contributed by atoms with Crippen LogP contribution in [0.15, 0.2) is 18.2 Å². The predicted molar refractivity (Wildman–Crippen MR) is 91.7 cm³/mol. The molecule has 5 heteroatoms. The molecule has 0 heterocycles. The van der Waals surface area contributed by atoms with Gasteiger partial charge in [-0.2, -0.15) is 0 Å². The summed E-state index contributed by atoms with van der Waals surface area (Å²) in [6, 6.07) is 5.46. The van der Waals surface area contributed by atoms with Gasteiger partial charge in [-0.05, 0) is 37.5 Å². The minimum Gasteiger partial charge on any atom is -0.392 e. The summed E-state index contributed by atoms with van der Waals surface area (Å²) in [6.45, 7) is 1.94. The molecule has 0 bridgehead atoms. The Balaban J connectivity index is 2.26. The number of anilines is 1. The van der Waals surface area contributed by atoms with Gasteiger partial charge in [-0.25, -0.2) is 0 Å². The van der Waals surface area contributed by atoms with Crippen molar-refractivity contribution in [3.05, 3.63) is 28.8 Å². The van der Waals surface area contributed by atoms with Gasteiger partial charge < -0.3 is 11.1 Å². The van der Waals surface area contributed by atoms with Gasteiger partial charge in [0.1, 0.15) is 0 Å². The van der Waals surface area contributed by atoms with Crippen molar-refractivity contribution in [2.24, 2.45) is 11.1 Å². The normalized spacial score (nSPS) is 17.8. The zero-order valence-corrected chi connectivity index (χ0v) is 13.8. The number of halogens is 1. The Hall–Kier alpha value is -1.13. The summed E-state index contributed by atoms with van der Waals surface area (Å²) in [6.07, 6.45) is 5.70. The molecular weight excluding hydrogens is 304 g/mol. The highest BCUT2D eigenvalue weighted by atomic mass is 35.5. The molecule has 1 aliphatic rings. The maximum absolute atomic E-state index is 12.8. The van der Waals surface area contributed by atoms with Gasteiger partial charge in [0.25, 0.3) is 0 Å². The Morgan fingerprint density at radius 3 is 2.48 bits per heavy atom. The molecule has 2 rings (SSSR count). The standard InChI is InChI=1S/C16H21ClN2OS/c1-11-6-7-12(17)10-13(11)19-15(20)16(14(18)21)8-4-2-3-5-9-16/h6-7,10H,2-5,8-9H2,1H3,(H2,18,21)(H,19,20). The average Bonchev–Trinajstić information content (AvgIpc) is 2.69. The largest absolute Gasteiger partial charge is 0.392 e. The maximum Gasteiger partial charge on any atom is 0.237 e. The van der Waals surface area contributed by atoms with Gasteiger partial charge in [0.15, 0.2) is 0 Å². The first kappa shape index (κ1) is 16.2. The second-order valence-corrected chi connectivity index (χ2v) is 6.65.